The van der Waals surface area contributed by atoms with Gasteiger partial charge in [-0.25, -0.2) is 14.2 Å². The lowest BCUT2D eigenvalue weighted by molar-refractivity contribution is 0.0210. The Kier molecular flexibility index (Phi) is 4.33. The smallest absolute Gasteiger partial charge is 0.411 e. The van der Waals surface area contributed by atoms with Crippen LogP contribution >= 0.6 is 11.6 Å². The lowest BCUT2D eigenvalue weighted by Crippen LogP contribution is -2.37. The Hall–Kier alpha value is -2.61. The second-order valence-electron chi connectivity index (χ2n) is 7.85. The molecule has 1 N–H and O–H groups in total. The van der Waals surface area contributed by atoms with Gasteiger partial charge < -0.3 is 14.1 Å². The van der Waals surface area contributed by atoms with Crippen LogP contribution in [0.1, 0.15) is 39.1 Å². The summed E-state index contributed by atoms with van der Waals surface area (Å²) in [5, 5.41) is 1.05. The molecule has 2 atom stereocenters. The summed E-state index contributed by atoms with van der Waals surface area (Å²) in [5.74, 6) is 0.186. The van der Waals surface area contributed by atoms with Crippen molar-refractivity contribution in [2.24, 2.45) is 0 Å². The maximum absolute atomic E-state index is 14.2. The maximum Gasteiger partial charge on any atom is 0.411 e. The summed E-state index contributed by atoms with van der Waals surface area (Å²) in [5.41, 5.74) is -0.382. The molecule has 0 radical (unpaired) electrons. The molecule has 1 aliphatic rings. The van der Waals surface area contributed by atoms with Crippen LogP contribution in [0.25, 0.3) is 22.1 Å². The van der Waals surface area contributed by atoms with E-state index in [4.69, 9.17) is 20.8 Å². The van der Waals surface area contributed by atoms with Crippen molar-refractivity contribution in [2.75, 3.05) is 6.54 Å². The van der Waals surface area contributed by atoms with Crippen molar-refractivity contribution in [3.63, 3.8) is 0 Å². The van der Waals surface area contributed by atoms with Crippen molar-refractivity contribution in [1.82, 2.24) is 14.9 Å². The summed E-state index contributed by atoms with van der Waals surface area (Å²) < 4.78 is 25.1. The first-order chi connectivity index (χ1) is 13.1. The highest BCUT2D eigenvalue weighted by Crippen LogP contribution is 2.34. The number of ether oxygens (including phenoxy) is 1. The molecule has 28 heavy (non-hydrogen) atoms. The molecular weight excluding hydrogens is 389 g/mol. The highest BCUT2D eigenvalue weighted by Gasteiger charge is 2.40. The fourth-order valence-corrected chi connectivity index (χ4v) is 3.54. The molecule has 4 rings (SSSR count). The van der Waals surface area contributed by atoms with Crippen molar-refractivity contribution >= 4 is 39.8 Å². The van der Waals surface area contributed by atoms with Crippen LogP contribution in [-0.4, -0.2) is 39.3 Å². The van der Waals surface area contributed by atoms with E-state index < -0.39 is 29.5 Å². The Morgan fingerprint density at radius 2 is 2.18 bits per heavy atom. The zero-order valence-electron chi connectivity index (χ0n) is 15.6. The Morgan fingerprint density at radius 3 is 2.89 bits per heavy atom. The third kappa shape index (κ3) is 3.32. The van der Waals surface area contributed by atoms with Crippen LogP contribution in [0, 0.1) is 0 Å². The number of benzene rings is 1. The number of amides is 1. The molecule has 7 nitrogen and oxygen atoms in total. The first-order valence-electron chi connectivity index (χ1n) is 8.88. The average Bonchev–Trinajstić information content (AvgIpc) is 3.14. The quantitative estimate of drug-likeness (QED) is 0.648. The summed E-state index contributed by atoms with van der Waals surface area (Å²) in [6.45, 7) is 5.07. The maximum atomic E-state index is 14.2. The van der Waals surface area contributed by atoms with Crippen LogP contribution in [0.4, 0.5) is 9.18 Å². The number of nitrogens with one attached hydrogen (secondary N) is 1. The summed E-state index contributed by atoms with van der Waals surface area (Å²) in [4.78, 5) is 33.4. The van der Waals surface area contributed by atoms with Gasteiger partial charge in [0.25, 0.3) is 5.56 Å². The van der Waals surface area contributed by atoms with Gasteiger partial charge in [-0.05, 0) is 39.0 Å². The number of rotatable bonds is 1. The zero-order valence-corrected chi connectivity index (χ0v) is 16.3. The second-order valence-corrected chi connectivity index (χ2v) is 8.29. The SMILES string of the molecule is CC(C)(C)OC(=O)N1CC(F)CC1c1nc2c(oc3ccc(Cl)cc32)c(=O)[nH]1. The van der Waals surface area contributed by atoms with Gasteiger partial charge in [-0.3, -0.25) is 9.69 Å². The number of hydrogen-bond acceptors (Lipinski definition) is 5. The molecule has 2 unspecified atom stereocenters. The Bertz CT molecular complexity index is 1130. The third-order valence-electron chi connectivity index (χ3n) is 4.50. The Morgan fingerprint density at radius 1 is 1.43 bits per heavy atom. The monoisotopic (exact) mass is 407 g/mol. The number of aromatic amines is 1. The minimum atomic E-state index is -1.24. The summed E-state index contributed by atoms with van der Waals surface area (Å²) in [6, 6.07) is 4.21. The molecule has 9 heteroatoms. The van der Waals surface area contributed by atoms with Crippen molar-refractivity contribution in [3.8, 4) is 0 Å². The van der Waals surface area contributed by atoms with Gasteiger partial charge >= 0.3 is 6.09 Å². The number of alkyl halides is 1. The van der Waals surface area contributed by atoms with Gasteiger partial charge in [0.1, 0.15) is 28.7 Å². The lowest BCUT2D eigenvalue weighted by Gasteiger charge is -2.27. The number of fused-ring (bicyclic) bond motifs is 3. The van der Waals surface area contributed by atoms with Crippen molar-refractivity contribution in [1.29, 1.82) is 0 Å². The molecule has 0 aliphatic carbocycles. The number of carbonyl (C=O) groups is 1. The normalized spacial score (nSPS) is 20.2. The van der Waals surface area contributed by atoms with Crippen molar-refractivity contribution < 1.29 is 18.3 Å². The minimum Gasteiger partial charge on any atom is -0.449 e. The molecule has 1 aromatic carbocycles. The molecule has 1 amide bonds. The van der Waals surface area contributed by atoms with Crippen LogP contribution in [0.15, 0.2) is 27.4 Å². The van der Waals surface area contributed by atoms with E-state index in [9.17, 15) is 14.0 Å². The van der Waals surface area contributed by atoms with E-state index >= 15 is 0 Å². The van der Waals surface area contributed by atoms with Crippen molar-refractivity contribution in [2.45, 2.75) is 45.0 Å². The highest BCUT2D eigenvalue weighted by atomic mass is 35.5. The number of nitrogens with zero attached hydrogens (tertiary/aromatic N) is 2. The second kappa shape index (κ2) is 6.48. The number of furan rings is 1. The van der Waals surface area contributed by atoms with Crippen LogP contribution in [0.3, 0.4) is 0 Å². The van der Waals surface area contributed by atoms with Gasteiger partial charge in [0.05, 0.1) is 12.6 Å². The van der Waals surface area contributed by atoms with Gasteiger partial charge in [-0.1, -0.05) is 11.6 Å². The van der Waals surface area contributed by atoms with E-state index in [2.05, 4.69) is 9.97 Å². The Balaban J connectivity index is 1.80. The zero-order chi connectivity index (χ0) is 20.2. The molecule has 148 valence electrons. The van der Waals surface area contributed by atoms with Crippen LogP contribution in [0.5, 0.6) is 0 Å². The number of hydrogen-bond donors (Lipinski definition) is 1. The van der Waals surface area contributed by atoms with Crippen LogP contribution < -0.4 is 5.56 Å². The largest absolute Gasteiger partial charge is 0.449 e. The van der Waals surface area contributed by atoms with E-state index in [1.54, 1.807) is 39.0 Å². The summed E-state index contributed by atoms with van der Waals surface area (Å²) in [7, 11) is 0. The minimum absolute atomic E-state index is 0.0181. The molecule has 0 bridgehead atoms. The summed E-state index contributed by atoms with van der Waals surface area (Å²) in [6.07, 6.45) is -1.88. The Labute approximate surface area is 164 Å². The number of carbonyl (C=O) groups excluding carboxylic acids is 1. The molecule has 2 aromatic heterocycles. The molecule has 3 aromatic rings. The first kappa shape index (κ1) is 18.7. The molecule has 1 saturated heterocycles. The number of likely N-dealkylation sites (tertiary alicyclic amines) is 1. The van der Waals surface area contributed by atoms with Gasteiger partial charge in [-0.2, -0.15) is 0 Å². The van der Waals surface area contributed by atoms with Gasteiger partial charge in [0, 0.05) is 16.8 Å². The predicted molar refractivity (Wildman–Crippen MR) is 102 cm³/mol. The fourth-order valence-electron chi connectivity index (χ4n) is 3.37. The van der Waals surface area contributed by atoms with Gasteiger partial charge in [0.15, 0.2) is 0 Å². The lowest BCUT2D eigenvalue weighted by atomic mass is 10.2. The topological polar surface area (TPSA) is 88.4 Å². The van der Waals surface area contributed by atoms with E-state index in [0.29, 0.717) is 21.5 Å². The van der Waals surface area contributed by atoms with Gasteiger partial charge in [-0.15, -0.1) is 0 Å². The standard InChI is InChI=1S/C19H19ClFN3O4/c1-19(2,3)28-18(26)24-8-10(21)7-12(24)16-22-14-11-6-9(20)4-5-13(11)27-15(14)17(25)23-16/h4-6,10,12H,7-8H2,1-3H3,(H,22,23,25). The fraction of sp³-hybridized carbons (Fsp3) is 0.421. The number of H-pyrrole nitrogens is 1. The first-order valence-corrected chi connectivity index (χ1v) is 9.26. The van der Waals surface area contributed by atoms with E-state index in [1.165, 1.54) is 4.90 Å². The van der Waals surface area contributed by atoms with Crippen LogP contribution in [-0.2, 0) is 4.74 Å². The summed E-state index contributed by atoms with van der Waals surface area (Å²) >= 11 is 6.05. The van der Waals surface area contributed by atoms with E-state index in [0.717, 1.165) is 0 Å². The number of halogens is 2. The molecular formula is C19H19ClFN3O4. The van der Waals surface area contributed by atoms with E-state index in [-0.39, 0.29) is 24.4 Å². The third-order valence-corrected chi connectivity index (χ3v) is 4.73. The number of aromatic nitrogens is 2. The molecule has 1 aliphatic heterocycles. The molecule has 1 fully saturated rings. The van der Waals surface area contributed by atoms with E-state index in [1.807, 2.05) is 0 Å². The average molecular weight is 408 g/mol. The van der Waals surface area contributed by atoms with Crippen molar-refractivity contribution in [3.05, 3.63) is 39.4 Å². The van der Waals surface area contributed by atoms with Gasteiger partial charge in [0.2, 0.25) is 5.58 Å². The van der Waals surface area contributed by atoms with Crippen LogP contribution in [0.2, 0.25) is 5.02 Å². The predicted octanol–water partition coefficient (Wildman–Crippen LogP) is 4.34. The molecule has 3 heterocycles. The highest BCUT2D eigenvalue weighted by molar-refractivity contribution is 6.31. The molecule has 0 saturated carbocycles. The molecule has 0 spiro atoms.